The average molecular weight is 345 g/mol. The maximum absolute atomic E-state index is 12.7. The van der Waals surface area contributed by atoms with E-state index in [-0.39, 0.29) is 4.47 Å². The third kappa shape index (κ3) is 3.96. The number of hydrogen-bond acceptors (Lipinski definition) is 2. The molecule has 0 radical (unpaired) electrons. The van der Waals surface area contributed by atoms with Crippen LogP contribution in [0.1, 0.15) is 11.3 Å². The number of nitrogens with zero attached hydrogens (tertiary/aromatic N) is 1. The van der Waals surface area contributed by atoms with Crippen molar-refractivity contribution in [2.45, 2.75) is 12.6 Å². The SMILES string of the molecule is FC(F)(F)c1cc(NCCc2ccccn2)ccc1Br. The second kappa shape index (κ2) is 6.26. The van der Waals surface area contributed by atoms with Crippen molar-refractivity contribution in [3.8, 4) is 0 Å². The van der Waals surface area contributed by atoms with Gasteiger partial charge in [0.2, 0.25) is 0 Å². The highest BCUT2D eigenvalue weighted by Gasteiger charge is 2.33. The Labute approximate surface area is 123 Å². The van der Waals surface area contributed by atoms with Crippen LogP contribution in [0.3, 0.4) is 0 Å². The molecule has 0 atom stereocenters. The van der Waals surface area contributed by atoms with Crippen molar-refractivity contribution >= 4 is 21.6 Å². The second-order valence-corrected chi connectivity index (χ2v) is 5.04. The molecule has 2 aromatic rings. The van der Waals surface area contributed by atoms with Crippen LogP contribution >= 0.6 is 15.9 Å². The number of hydrogen-bond donors (Lipinski definition) is 1. The van der Waals surface area contributed by atoms with Crippen molar-refractivity contribution in [3.63, 3.8) is 0 Å². The molecule has 0 spiro atoms. The normalized spacial score (nSPS) is 11.4. The quantitative estimate of drug-likeness (QED) is 0.882. The van der Waals surface area contributed by atoms with Gasteiger partial charge in [0.15, 0.2) is 0 Å². The number of nitrogens with one attached hydrogen (secondary N) is 1. The molecule has 0 aliphatic carbocycles. The second-order valence-electron chi connectivity index (χ2n) is 4.19. The van der Waals surface area contributed by atoms with Crippen molar-refractivity contribution in [1.29, 1.82) is 0 Å². The molecule has 1 heterocycles. The average Bonchev–Trinajstić information content (AvgIpc) is 2.40. The Hall–Kier alpha value is -1.56. The molecule has 0 amide bonds. The summed E-state index contributed by atoms with van der Waals surface area (Å²) in [6.07, 6.45) is -2.02. The Kier molecular flexibility index (Phi) is 4.65. The molecular weight excluding hydrogens is 333 g/mol. The lowest BCUT2D eigenvalue weighted by atomic mass is 10.2. The van der Waals surface area contributed by atoms with Crippen LogP contribution in [0.4, 0.5) is 18.9 Å². The van der Waals surface area contributed by atoms with Crippen LogP contribution in [0.25, 0.3) is 0 Å². The van der Waals surface area contributed by atoms with E-state index in [0.29, 0.717) is 18.7 Å². The largest absolute Gasteiger partial charge is 0.417 e. The highest BCUT2D eigenvalue weighted by Crippen LogP contribution is 2.36. The minimum Gasteiger partial charge on any atom is -0.385 e. The Balaban J connectivity index is 2.00. The van der Waals surface area contributed by atoms with E-state index in [1.54, 1.807) is 12.3 Å². The number of halogens is 4. The highest BCUT2D eigenvalue weighted by atomic mass is 79.9. The van der Waals surface area contributed by atoms with E-state index in [1.165, 1.54) is 6.07 Å². The Morgan fingerprint density at radius 2 is 1.95 bits per heavy atom. The van der Waals surface area contributed by atoms with Gasteiger partial charge in [0.25, 0.3) is 0 Å². The van der Waals surface area contributed by atoms with Gasteiger partial charge in [-0.15, -0.1) is 0 Å². The van der Waals surface area contributed by atoms with Gasteiger partial charge < -0.3 is 5.32 Å². The fraction of sp³-hybridized carbons (Fsp3) is 0.214. The van der Waals surface area contributed by atoms with E-state index >= 15 is 0 Å². The molecule has 2 nitrogen and oxygen atoms in total. The molecule has 0 saturated carbocycles. The number of aromatic nitrogens is 1. The Morgan fingerprint density at radius 3 is 2.60 bits per heavy atom. The van der Waals surface area contributed by atoms with Gasteiger partial charge in [0.1, 0.15) is 0 Å². The van der Waals surface area contributed by atoms with Crippen LogP contribution in [-0.2, 0) is 12.6 Å². The maximum Gasteiger partial charge on any atom is 0.417 e. The molecule has 0 unspecified atom stereocenters. The molecule has 0 bridgehead atoms. The van der Waals surface area contributed by atoms with Crippen LogP contribution in [-0.4, -0.2) is 11.5 Å². The lowest BCUT2D eigenvalue weighted by Crippen LogP contribution is -2.09. The summed E-state index contributed by atoms with van der Waals surface area (Å²) < 4.78 is 38.3. The summed E-state index contributed by atoms with van der Waals surface area (Å²) in [5.41, 5.74) is 0.657. The summed E-state index contributed by atoms with van der Waals surface area (Å²) in [6, 6.07) is 9.68. The van der Waals surface area contributed by atoms with Crippen molar-refractivity contribution in [3.05, 3.63) is 58.3 Å². The van der Waals surface area contributed by atoms with Gasteiger partial charge >= 0.3 is 6.18 Å². The summed E-state index contributed by atoms with van der Waals surface area (Å²) in [7, 11) is 0. The highest BCUT2D eigenvalue weighted by molar-refractivity contribution is 9.10. The zero-order chi connectivity index (χ0) is 14.6. The number of pyridine rings is 1. The van der Waals surface area contributed by atoms with Crippen molar-refractivity contribution in [1.82, 2.24) is 4.98 Å². The molecule has 1 N–H and O–H groups in total. The lowest BCUT2D eigenvalue weighted by Gasteiger charge is -2.12. The van der Waals surface area contributed by atoms with E-state index in [1.807, 2.05) is 18.2 Å². The number of benzene rings is 1. The van der Waals surface area contributed by atoms with Gasteiger partial charge in [-0.25, -0.2) is 0 Å². The maximum atomic E-state index is 12.7. The zero-order valence-electron chi connectivity index (χ0n) is 10.4. The van der Waals surface area contributed by atoms with Crippen molar-refractivity contribution in [2.24, 2.45) is 0 Å². The lowest BCUT2D eigenvalue weighted by molar-refractivity contribution is -0.138. The van der Waals surface area contributed by atoms with Gasteiger partial charge in [-0.05, 0) is 30.3 Å². The zero-order valence-corrected chi connectivity index (χ0v) is 12.0. The first kappa shape index (κ1) is 14.8. The summed E-state index contributed by atoms with van der Waals surface area (Å²) in [5.74, 6) is 0. The standard InChI is InChI=1S/C14H12BrF3N2/c15-13-5-4-11(9-12(13)14(16,17)18)20-8-6-10-3-1-2-7-19-10/h1-5,7,9,20H,6,8H2. The van der Waals surface area contributed by atoms with Crippen LogP contribution in [0.5, 0.6) is 0 Å². The molecule has 1 aromatic carbocycles. The van der Waals surface area contributed by atoms with Crippen LogP contribution < -0.4 is 5.32 Å². The predicted octanol–water partition coefficient (Wildman–Crippen LogP) is 4.52. The van der Waals surface area contributed by atoms with E-state index in [9.17, 15) is 13.2 Å². The Morgan fingerprint density at radius 1 is 1.15 bits per heavy atom. The topological polar surface area (TPSA) is 24.9 Å². The molecule has 0 aliphatic heterocycles. The minimum atomic E-state index is -4.36. The van der Waals surface area contributed by atoms with Gasteiger partial charge in [0, 0.05) is 35.0 Å². The van der Waals surface area contributed by atoms with Gasteiger partial charge in [-0.1, -0.05) is 22.0 Å². The predicted molar refractivity (Wildman–Crippen MR) is 75.6 cm³/mol. The molecule has 0 saturated heterocycles. The number of anilines is 1. The van der Waals surface area contributed by atoms with Crippen molar-refractivity contribution < 1.29 is 13.2 Å². The van der Waals surface area contributed by atoms with Gasteiger partial charge in [-0.2, -0.15) is 13.2 Å². The van der Waals surface area contributed by atoms with Crippen LogP contribution in [0.15, 0.2) is 47.1 Å². The summed E-state index contributed by atoms with van der Waals surface area (Å²) in [5, 5.41) is 2.97. The first-order valence-corrected chi connectivity index (χ1v) is 6.76. The number of rotatable bonds is 4. The molecule has 6 heteroatoms. The smallest absolute Gasteiger partial charge is 0.385 e. The van der Waals surface area contributed by atoms with Crippen LogP contribution in [0, 0.1) is 0 Å². The third-order valence-electron chi connectivity index (χ3n) is 2.71. The van der Waals surface area contributed by atoms with Gasteiger partial charge in [-0.3, -0.25) is 4.98 Å². The summed E-state index contributed by atoms with van der Waals surface area (Å²) in [6.45, 7) is 0.524. The third-order valence-corrected chi connectivity index (χ3v) is 3.40. The van der Waals surface area contributed by atoms with Crippen molar-refractivity contribution in [2.75, 3.05) is 11.9 Å². The van der Waals surface area contributed by atoms with Crippen LogP contribution in [0.2, 0.25) is 0 Å². The fourth-order valence-electron chi connectivity index (χ4n) is 1.73. The molecular formula is C14H12BrF3N2. The first-order valence-electron chi connectivity index (χ1n) is 5.97. The summed E-state index contributed by atoms with van der Waals surface area (Å²) >= 11 is 2.91. The molecule has 106 valence electrons. The fourth-order valence-corrected chi connectivity index (χ4v) is 2.20. The molecule has 0 fully saturated rings. The van der Waals surface area contributed by atoms with E-state index in [0.717, 1.165) is 11.8 Å². The molecule has 20 heavy (non-hydrogen) atoms. The van der Waals surface area contributed by atoms with Gasteiger partial charge in [0.05, 0.1) is 5.56 Å². The molecule has 0 aliphatic rings. The monoisotopic (exact) mass is 344 g/mol. The summed E-state index contributed by atoms with van der Waals surface area (Å²) in [4.78, 5) is 4.15. The number of alkyl halides is 3. The Bertz CT molecular complexity index is 570. The van der Waals surface area contributed by atoms with E-state index in [4.69, 9.17) is 0 Å². The first-order chi connectivity index (χ1) is 9.47. The van der Waals surface area contributed by atoms with E-state index in [2.05, 4.69) is 26.2 Å². The molecule has 1 aromatic heterocycles. The molecule has 2 rings (SSSR count). The minimum absolute atomic E-state index is 0.0419. The van der Waals surface area contributed by atoms with E-state index < -0.39 is 11.7 Å².